The molecular formula is C10H19N5OS. The van der Waals surface area contributed by atoms with Crippen molar-refractivity contribution < 1.29 is 4.79 Å². The molecule has 1 heterocycles. The van der Waals surface area contributed by atoms with Crippen LogP contribution in [0.25, 0.3) is 0 Å². The van der Waals surface area contributed by atoms with E-state index in [-0.39, 0.29) is 11.9 Å². The molecule has 7 heteroatoms. The second-order valence-electron chi connectivity index (χ2n) is 4.19. The van der Waals surface area contributed by atoms with Crippen molar-refractivity contribution in [3.05, 3.63) is 5.69 Å². The van der Waals surface area contributed by atoms with Gasteiger partial charge in [0, 0.05) is 31.2 Å². The summed E-state index contributed by atoms with van der Waals surface area (Å²) in [5.41, 5.74) is 0.873. The molecule has 1 aromatic rings. The fourth-order valence-corrected chi connectivity index (χ4v) is 1.95. The Morgan fingerprint density at radius 3 is 2.82 bits per heavy atom. The molecule has 0 saturated carbocycles. The van der Waals surface area contributed by atoms with Gasteiger partial charge in [-0.25, -0.2) is 0 Å². The van der Waals surface area contributed by atoms with E-state index in [0.29, 0.717) is 13.1 Å². The van der Waals surface area contributed by atoms with Crippen molar-refractivity contribution in [3.63, 3.8) is 0 Å². The number of amides is 1. The molecule has 0 fully saturated rings. The molecule has 0 radical (unpaired) electrons. The third-order valence-electron chi connectivity index (χ3n) is 2.07. The SMILES string of the molecule is CNc1snnc1CN(C)CC(=O)NC(C)C. The van der Waals surface area contributed by atoms with Gasteiger partial charge in [-0.2, -0.15) is 0 Å². The molecule has 0 atom stereocenters. The van der Waals surface area contributed by atoms with Gasteiger partial charge in [0.05, 0.1) is 6.54 Å². The number of hydrogen-bond acceptors (Lipinski definition) is 6. The smallest absolute Gasteiger partial charge is 0.234 e. The number of aromatic nitrogens is 2. The van der Waals surface area contributed by atoms with E-state index in [9.17, 15) is 4.79 Å². The number of likely N-dealkylation sites (N-methyl/N-ethyl adjacent to an activating group) is 1. The highest BCUT2D eigenvalue weighted by molar-refractivity contribution is 7.10. The van der Waals surface area contributed by atoms with Gasteiger partial charge < -0.3 is 10.6 Å². The average molecular weight is 257 g/mol. The van der Waals surface area contributed by atoms with E-state index in [4.69, 9.17) is 0 Å². The molecule has 2 N–H and O–H groups in total. The summed E-state index contributed by atoms with van der Waals surface area (Å²) in [4.78, 5) is 13.5. The maximum atomic E-state index is 11.5. The third-order valence-corrected chi connectivity index (χ3v) is 2.85. The van der Waals surface area contributed by atoms with Crippen molar-refractivity contribution in [1.82, 2.24) is 19.8 Å². The highest BCUT2D eigenvalue weighted by Gasteiger charge is 2.12. The third kappa shape index (κ3) is 4.66. The Balaban J connectivity index is 2.44. The number of nitrogens with zero attached hydrogens (tertiary/aromatic N) is 3. The molecule has 0 saturated heterocycles. The summed E-state index contributed by atoms with van der Waals surface area (Å²) in [6.45, 7) is 4.86. The van der Waals surface area contributed by atoms with E-state index in [1.165, 1.54) is 11.5 Å². The molecule has 1 amide bonds. The number of nitrogens with one attached hydrogen (secondary N) is 2. The minimum atomic E-state index is 0.0247. The molecule has 0 aliphatic rings. The van der Waals surface area contributed by atoms with E-state index in [0.717, 1.165) is 10.7 Å². The maximum absolute atomic E-state index is 11.5. The summed E-state index contributed by atoms with van der Waals surface area (Å²) in [5, 5.41) is 10.9. The van der Waals surface area contributed by atoms with E-state index in [2.05, 4.69) is 20.2 Å². The van der Waals surface area contributed by atoms with Crippen LogP contribution >= 0.6 is 11.5 Å². The fraction of sp³-hybridized carbons (Fsp3) is 0.700. The molecule has 0 bridgehead atoms. The lowest BCUT2D eigenvalue weighted by molar-refractivity contribution is -0.122. The minimum Gasteiger partial charge on any atom is -0.377 e. The quantitative estimate of drug-likeness (QED) is 0.778. The van der Waals surface area contributed by atoms with E-state index < -0.39 is 0 Å². The summed E-state index contributed by atoms with van der Waals surface area (Å²) in [6, 6.07) is 0.171. The first-order valence-electron chi connectivity index (χ1n) is 5.49. The predicted molar refractivity (Wildman–Crippen MR) is 69.1 cm³/mol. The minimum absolute atomic E-state index is 0.0247. The van der Waals surface area contributed by atoms with Crippen molar-refractivity contribution in [2.75, 3.05) is 26.0 Å². The number of carbonyl (C=O) groups is 1. The lowest BCUT2D eigenvalue weighted by atomic mass is 10.3. The van der Waals surface area contributed by atoms with Crippen LogP contribution in [0, 0.1) is 0 Å². The highest BCUT2D eigenvalue weighted by Crippen LogP contribution is 2.17. The van der Waals surface area contributed by atoms with Crippen LogP contribution in [0.1, 0.15) is 19.5 Å². The van der Waals surface area contributed by atoms with Gasteiger partial charge in [-0.15, -0.1) is 5.10 Å². The van der Waals surface area contributed by atoms with Gasteiger partial charge >= 0.3 is 0 Å². The molecule has 0 aliphatic carbocycles. The van der Waals surface area contributed by atoms with Crippen LogP contribution < -0.4 is 10.6 Å². The van der Waals surface area contributed by atoms with E-state index >= 15 is 0 Å². The van der Waals surface area contributed by atoms with Crippen molar-refractivity contribution >= 4 is 22.4 Å². The number of rotatable bonds is 6. The molecule has 1 aromatic heterocycles. The topological polar surface area (TPSA) is 70.2 Å². The van der Waals surface area contributed by atoms with Gasteiger partial charge in [0.2, 0.25) is 5.91 Å². The first-order chi connectivity index (χ1) is 8.02. The van der Waals surface area contributed by atoms with Crippen LogP contribution in [0.4, 0.5) is 5.00 Å². The van der Waals surface area contributed by atoms with Crippen molar-refractivity contribution in [1.29, 1.82) is 0 Å². The van der Waals surface area contributed by atoms with Crippen LogP contribution in [0.2, 0.25) is 0 Å². The number of anilines is 1. The van der Waals surface area contributed by atoms with Crippen LogP contribution in [0.3, 0.4) is 0 Å². The summed E-state index contributed by atoms with van der Waals surface area (Å²) in [5.74, 6) is 0.0247. The zero-order valence-electron chi connectivity index (χ0n) is 10.6. The molecule has 6 nitrogen and oxygen atoms in total. The molecule has 0 aliphatic heterocycles. The Hall–Kier alpha value is -1.21. The zero-order valence-corrected chi connectivity index (χ0v) is 11.5. The van der Waals surface area contributed by atoms with Gasteiger partial charge in [-0.3, -0.25) is 9.69 Å². The second kappa shape index (κ2) is 6.51. The lowest BCUT2D eigenvalue weighted by Gasteiger charge is -2.16. The summed E-state index contributed by atoms with van der Waals surface area (Å²) >= 11 is 1.32. The van der Waals surface area contributed by atoms with E-state index in [1.807, 2.05) is 32.8 Å². The van der Waals surface area contributed by atoms with Crippen LogP contribution in [-0.2, 0) is 11.3 Å². The summed E-state index contributed by atoms with van der Waals surface area (Å²) < 4.78 is 3.88. The Morgan fingerprint density at radius 1 is 1.53 bits per heavy atom. The van der Waals surface area contributed by atoms with Crippen LogP contribution in [-0.4, -0.2) is 47.1 Å². The molecule has 1 rings (SSSR count). The molecular weight excluding hydrogens is 238 g/mol. The van der Waals surface area contributed by atoms with Crippen molar-refractivity contribution in [2.45, 2.75) is 26.4 Å². The van der Waals surface area contributed by atoms with Gasteiger partial charge in [-0.1, -0.05) is 4.49 Å². The van der Waals surface area contributed by atoms with Gasteiger partial charge in [0.1, 0.15) is 10.7 Å². The first-order valence-corrected chi connectivity index (χ1v) is 6.27. The second-order valence-corrected chi connectivity index (χ2v) is 4.95. The normalized spacial score (nSPS) is 10.9. The molecule has 0 unspecified atom stereocenters. The van der Waals surface area contributed by atoms with Gasteiger partial charge in [-0.05, 0) is 20.9 Å². The van der Waals surface area contributed by atoms with E-state index in [1.54, 1.807) is 0 Å². The maximum Gasteiger partial charge on any atom is 0.234 e. The number of hydrogen-bond donors (Lipinski definition) is 2. The Labute approximate surface area is 106 Å². The fourth-order valence-electron chi connectivity index (χ4n) is 1.43. The lowest BCUT2D eigenvalue weighted by Crippen LogP contribution is -2.38. The van der Waals surface area contributed by atoms with Crippen LogP contribution in [0.15, 0.2) is 0 Å². The molecule has 0 spiro atoms. The van der Waals surface area contributed by atoms with Gasteiger partial charge in [0.15, 0.2) is 0 Å². The summed E-state index contributed by atoms with van der Waals surface area (Å²) in [7, 11) is 3.73. The monoisotopic (exact) mass is 257 g/mol. The number of carbonyl (C=O) groups excluding carboxylic acids is 1. The zero-order chi connectivity index (χ0) is 12.8. The van der Waals surface area contributed by atoms with Gasteiger partial charge in [0.25, 0.3) is 0 Å². The summed E-state index contributed by atoms with van der Waals surface area (Å²) in [6.07, 6.45) is 0. The largest absolute Gasteiger partial charge is 0.377 e. The molecule has 96 valence electrons. The van der Waals surface area contributed by atoms with Crippen LogP contribution in [0.5, 0.6) is 0 Å². The average Bonchev–Trinajstić information content (AvgIpc) is 2.63. The molecule has 17 heavy (non-hydrogen) atoms. The Bertz CT molecular complexity index is 365. The van der Waals surface area contributed by atoms with Crippen molar-refractivity contribution in [2.24, 2.45) is 0 Å². The predicted octanol–water partition coefficient (Wildman–Crippen LogP) is 0.536. The van der Waals surface area contributed by atoms with Crippen molar-refractivity contribution in [3.8, 4) is 0 Å². The highest BCUT2D eigenvalue weighted by atomic mass is 32.1. The standard InChI is InChI=1S/C10H19N5OS/c1-7(2)12-9(16)6-15(4)5-8-10(11-3)17-14-13-8/h7,11H,5-6H2,1-4H3,(H,12,16). The first kappa shape index (κ1) is 13.9. The molecule has 0 aromatic carbocycles. The Kier molecular flexibility index (Phi) is 5.30. The Morgan fingerprint density at radius 2 is 2.24 bits per heavy atom.